The van der Waals surface area contributed by atoms with E-state index in [-0.39, 0.29) is 17.1 Å². The van der Waals surface area contributed by atoms with E-state index in [9.17, 15) is 19.3 Å². The van der Waals surface area contributed by atoms with Crippen LogP contribution in [-0.2, 0) is 0 Å². The molecule has 1 aliphatic rings. The van der Waals surface area contributed by atoms with E-state index >= 15 is 0 Å². The zero-order valence-corrected chi connectivity index (χ0v) is 18.2. The molecule has 1 heterocycles. The zero-order valence-electron chi connectivity index (χ0n) is 18.2. The van der Waals surface area contributed by atoms with Gasteiger partial charge in [-0.1, -0.05) is 24.3 Å². The minimum absolute atomic E-state index is 0.0904. The molecule has 7 nitrogen and oxygen atoms in total. The van der Waals surface area contributed by atoms with E-state index < -0.39 is 16.9 Å². The van der Waals surface area contributed by atoms with Gasteiger partial charge in [0.05, 0.1) is 18.1 Å². The third-order valence-electron chi connectivity index (χ3n) is 5.81. The van der Waals surface area contributed by atoms with Crippen molar-refractivity contribution < 1.29 is 18.8 Å². The van der Waals surface area contributed by atoms with Gasteiger partial charge < -0.3 is 15.0 Å². The molecular weight excluding hydrogens is 425 g/mol. The van der Waals surface area contributed by atoms with Gasteiger partial charge in [0, 0.05) is 24.7 Å². The van der Waals surface area contributed by atoms with Gasteiger partial charge in [0.2, 0.25) is 0 Å². The van der Waals surface area contributed by atoms with Crippen molar-refractivity contribution in [1.29, 1.82) is 0 Å². The standard InChI is InChI=1S/C25H24FN3O4/c1-33-21-11-6-18(7-12-21)24(17-4-9-20(26)10-5-17)27-25(30)19-8-13-22(23(16-19)29(31)32)28-14-2-3-15-28/h4-13,16,24H,2-3,14-15H2,1H3,(H,27,30). The van der Waals surface area contributed by atoms with Crippen molar-refractivity contribution in [3.63, 3.8) is 0 Å². The monoisotopic (exact) mass is 449 g/mol. The summed E-state index contributed by atoms with van der Waals surface area (Å²) < 4.78 is 18.7. The number of carbonyl (C=O) groups is 1. The Labute approximate surface area is 190 Å². The third kappa shape index (κ3) is 4.95. The van der Waals surface area contributed by atoms with Crippen LogP contribution >= 0.6 is 0 Å². The lowest BCUT2D eigenvalue weighted by atomic mass is 9.98. The molecule has 8 heteroatoms. The van der Waals surface area contributed by atoms with E-state index in [0.717, 1.165) is 31.5 Å². The SMILES string of the molecule is COc1ccc(C(NC(=O)c2ccc(N3CCCC3)c([N+](=O)[O-])c2)c2ccc(F)cc2)cc1. The van der Waals surface area contributed by atoms with Crippen LogP contribution in [0, 0.1) is 15.9 Å². The molecule has 1 fully saturated rings. The molecule has 1 unspecified atom stereocenters. The number of benzene rings is 3. The number of nitrogens with one attached hydrogen (secondary N) is 1. The maximum atomic E-state index is 13.5. The number of amides is 1. The molecular formula is C25H24FN3O4. The van der Waals surface area contributed by atoms with Crippen LogP contribution in [0.5, 0.6) is 5.75 Å². The molecule has 1 N–H and O–H groups in total. The Morgan fingerprint density at radius 3 is 2.21 bits per heavy atom. The Morgan fingerprint density at radius 1 is 1.03 bits per heavy atom. The van der Waals surface area contributed by atoms with E-state index in [4.69, 9.17) is 4.74 Å². The van der Waals surface area contributed by atoms with Crippen LogP contribution in [0.2, 0.25) is 0 Å². The van der Waals surface area contributed by atoms with E-state index in [0.29, 0.717) is 17.0 Å². The molecule has 0 bridgehead atoms. The molecule has 1 aliphatic heterocycles. The fourth-order valence-electron chi connectivity index (χ4n) is 4.06. The van der Waals surface area contributed by atoms with Gasteiger partial charge in [-0.2, -0.15) is 0 Å². The smallest absolute Gasteiger partial charge is 0.293 e. The number of hydrogen-bond donors (Lipinski definition) is 1. The van der Waals surface area contributed by atoms with Crippen molar-refractivity contribution in [1.82, 2.24) is 5.32 Å². The highest BCUT2D eigenvalue weighted by atomic mass is 19.1. The summed E-state index contributed by atoms with van der Waals surface area (Å²) in [6, 6.07) is 17.0. The average molecular weight is 449 g/mol. The van der Waals surface area contributed by atoms with Gasteiger partial charge in [0.25, 0.3) is 11.6 Å². The minimum Gasteiger partial charge on any atom is -0.497 e. The van der Waals surface area contributed by atoms with Gasteiger partial charge in [0.1, 0.15) is 17.3 Å². The molecule has 3 aromatic carbocycles. The highest BCUT2D eigenvalue weighted by Gasteiger charge is 2.25. The van der Waals surface area contributed by atoms with E-state index in [2.05, 4.69) is 5.32 Å². The number of nitrogens with zero attached hydrogens (tertiary/aromatic N) is 2. The second-order valence-corrected chi connectivity index (χ2v) is 7.89. The predicted octanol–water partition coefficient (Wildman–Crippen LogP) is 4.86. The van der Waals surface area contributed by atoms with Crippen molar-refractivity contribution in [2.75, 3.05) is 25.1 Å². The minimum atomic E-state index is -0.582. The lowest BCUT2D eigenvalue weighted by Gasteiger charge is -2.21. The quantitative estimate of drug-likeness (QED) is 0.411. The van der Waals surface area contributed by atoms with Gasteiger partial charge in [-0.3, -0.25) is 14.9 Å². The summed E-state index contributed by atoms with van der Waals surface area (Å²) >= 11 is 0. The van der Waals surface area contributed by atoms with Crippen molar-refractivity contribution >= 4 is 17.3 Å². The highest BCUT2D eigenvalue weighted by Crippen LogP contribution is 2.32. The van der Waals surface area contributed by atoms with Gasteiger partial charge in [-0.25, -0.2) is 4.39 Å². The topological polar surface area (TPSA) is 84.7 Å². The molecule has 3 aromatic rings. The van der Waals surface area contributed by atoms with Crippen LogP contribution in [0.25, 0.3) is 0 Å². The highest BCUT2D eigenvalue weighted by molar-refractivity contribution is 5.96. The van der Waals surface area contributed by atoms with Gasteiger partial charge in [-0.15, -0.1) is 0 Å². The maximum Gasteiger partial charge on any atom is 0.293 e. The molecule has 170 valence electrons. The molecule has 0 saturated carbocycles. The molecule has 0 aliphatic carbocycles. The van der Waals surface area contributed by atoms with E-state index in [1.54, 1.807) is 43.5 Å². The third-order valence-corrected chi connectivity index (χ3v) is 5.81. The first-order valence-corrected chi connectivity index (χ1v) is 10.7. The fraction of sp³-hybridized carbons (Fsp3) is 0.240. The molecule has 1 saturated heterocycles. The number of halogens is 1. The zero-order chi connectivity index (χ0) is 23.4. The Kier molecular flexibility index (Phi) is 6.53. The summed E-state index contributed by atoms with van der Waals surface area (Å²) in [6.07, 6.45) is 1.97. The normalized spacial score (nSPS) is 14.1. The van der Waals surface area contributed by atoms with Crippen LogP contribution in [0.15, 0.2) is 66.7 Å². The molecule has 0 radical (unpaired) electrons. The summed E-state index contributed by atoms with van der Waals surface area (Å²) in [4.78, 5) is 26.4. The Balaban J connectivity index is 1.65. The number of carbonyl (C=O) groups excluding carboxylic acids is 1. The van der Waals surface area contributed by atoms with Crippen LogP contribution in [0.3, 0.4) is 0 Å². The Bertz CT molecular complexity index is 1140. The number of anilines is 1. The van der Waals surface area contributed by atoms with Crippen LogP contribution in [0.4, 0.5) is 15.8 Å². The van der Waals surface area contributed by atoms with Crippen molar-refractivity contribution in [2.24, 2.45) is 0 Å². The maximum absolute atomic E-state index is 13.5. The Morgan fingerprint density at radius 2 is 1.64 bits per heavy atom. The summed E-state index contributed by atoms with van der Waals surface area (Å²) in [5, 5.41) is 14.7. The van der Waals surface area contributed by atoms with Crippen molar-refractivity contribution in [3.8, 4) is 5.75 Å². The molecule has 0 aromatic heterocycles. The second kappa shape index (κ2) is 9.68. The average Bonchev–Trinajstić information content (AvgIpc) is 3.37. The Hall–Kier alpha value is -3.94. The van der Waals surface area contributed by atoms with Crippen LogP contribution in [0.1, 0.15) is 40.4 Å². The molecule has 33 heavy (non-hydrogen) atoms. The van der Waals surface area contributed by atoms with Crippen molar-refractivity contribution in [2.45, 2.75) is 18.9 Å². The second-order valence-electron chi connectivity index (χ2n) is 7.89. The van der Waals surface area contributed by atoms with E-state index in [1.807, 2.05) is 17.0 Å². The number of ether oxygens (including phenoxy) is 1. The van der Waals surface area contributed by atoms with Crippen LogP contribution < -0.4 is 15.0 Å². The lowest BCUT2D eigenvalue weighted by molar-refractivity contribution is -0.384. The number of nitro groups is 1. The van der Waals surface area contributed by atoms with E-state index in [1.165, 1.54) is 18.2 Å². The predicted molar refractivity (Wildman–Crippen MR) is 123 cm³/mol. The molecule has 1 atom stereocenters. The molecule has 4 rings (SSSR count). The summed E-state index contributed by atoms with van der Waals surface area (Å²) in [6.45, 7) is 1.52. The van der Waals surface area contributed by atoms with Gasteiger partial charge in [0.15, 0.2) is 0 Å². The molecule has 1 amide bonds. The summed E-state index contributed by atoms with van der Waals surface area (Å²) in [7, 11) is 1.56. The number of rotatable bonds is 7. The van der Waals surface area contributed by atoms with Gasteiger partial charge in [-0.05, 0) is 60.4 Å². The summed E-state index contributed by atoms with van der Waals surface area (Å²) in [5.74, 6) is -0.182. The largest absolute Gasteiger partial charge is 0.497 e. The van der Waals surface area contributed by atoms with Crippen LogP contribution in [-0.4, -0.2) is 31.0 Å². The van der Waals surface area contributed by atoms with Gasteiger partial charge >= 0.3 is 0 Å². The number of nitro benzene ring substituents is 1. The fourth-order valence-corrected chi connectivity index (χ4v) is 4.06. The summed E-state index contributed by atoms with van der Waals surface area (Å²) in [5.41, 5.74) is 2.06. The molecule has 0 spiro atoms. The number of hydrogen-bond acceptors (Lipinski definition) is 5. The lowest BCUT2D eigenvalue weighted by Crippen LogP contribution is -2.29. The first kappa shape index (κ1) is 22.3. The number of methoxy groups -OCH3 is 1. The first-order chi connectivity index (χ1) is 16.0. The first-order valence-electron chi connectivity index (χ1n) is 10.7. The van der Waals surface area contributed by atoms with Crippen molar-refractivity contribution in [3.05, 3.63) is 99.4 Å².